The Bertz CT molecular complexity index is 116. The SMILES string of the molecule is C1=PP2C3C1C32. The zero-order chi connectivity index (χ0) is 3.72. The summed E-state index contributed by atoms with van der Waals surface area (Å²) < 4.78 is 0. The second-order valence-corrected chi connectivity index (χ2v) is 6.76. The van der Waals surface area contributed by atoms with E-state index in [1.54, 1.807) is 7.89 Å². The Morgan fingerprint density at radius 1 is 1.50 bits per heavy atom. The van der Waals surface area contributed by atoms with Crippen LogP contribution in [-0.4, -0.2) is 17.1 Å². The Kier molecular flexibility index (Phi) is 0.259. The van der Waals surface area contributed by atoms with Gasteiger partial charge in [0.1, 0.15) is 0 Å². The first-order chi connectivity index (χ1) is 2.98. The molecule has 0 aromatic rings. The summed E-state index contributed by atoms with van der Waals surface area (Å²) in [5.41, 5.74) is 2.59. The maximum atomic E-state index is 2.51. The van der Waals surface area contributed by atoms with E-state index >= 15 is 0 Å². The minimum atomic E-state index is 0.678. The molecule has 0 amide bonds. The van der Waals surface area contributed by atoms with Gasteiger partial charge >= 0.3 is 0 Å². The first kappa shape index (κ1) is 2.80. The largest absolute Gasteiger partial charge is 0.0794 e. The van der Waals surface area contributed by atoms with Crippen LogP contribution in [0.1, 0.15) is 0 Å². The minimum Gasteiger partial charge on any atom is -0.0794 e. The van der Waals surface area contributed by atoms with Gasteiger partial charge in [0, 0.05) is 11.3 Å². The highest BCUT2D eigenvalue weighted by Gasteiger charge is 2.75. The molecule has 0 radical (unpaired) electrons. The summed E-state index contributed by atoms with van der Waals surface area (Å²) in [6, 6.07) is 0. The lowest BCUT2D eigenvalue weighted by atomic mass is 10.5. The Balaban J connectivity index is 2.35. The first-order valence-electron chi connectivity index (χ1n) is 2.31. The Morgan fingerprint density at radius 2 is 2.33 bits per heavy atom. The van der Waals surface area contributed by atoms with E-state index in [9.17, 15) is 0 Å². The molecular formula is C4H4P2. The van der Waals surface area contributed by atoms with Crippen LogP contribution in [0, 0.1) is 5.92 Å². The Hall–Kier alpha value is 0.600. The topological polar surface area (TPSA) is 0 Å². The van der Waals surface area contributed by atoms with Crippen LogP contribution in [0.15, 0.2) is 0 Å². The third-order valence-corrected chi connectivity index (χ3v) is 7.64. The van der Waals surface area contributed by atoms with Crippen molar-refractivity contribution in [1.29, 1.82) is 0 Å². The van der Waals surface area contributed by atoms with Crippen molar-refractivity contribution in [2.45, 2.75) is 11.3 Å². The van der Waals surface area contributed by atoms with Gasteiger partial charge in [-0.3, -0.25) is 0 Å². The molecule has 0 N–H and O–H groups in total. The molecule has 2 unspecified atom stereocenters. The van der Waals surface area contributed by atoms with Crippen LogP contribution in [0.4, 0.5) is 0 Å². The fourth-order valence-corrected chi connectivity index (χ4v) is 8.16. The van der Waals surface area contributed by atoms with Gasteiger partial charge in [-0.05, 0) is 13.5 Å². The van der Waals surface area contributed by atoms with Gasteiger partial charge in [-0.25, -0.2) is 0 Å². The van der Waals surface area contributed by atoms with Gasteiger partial charge in [0.15, 0.2) is 0 Å². The van der Waals surface area contributed by atoms with Crippen molar-refractivity contribution in [3.05, 3.63) is 0 Å². The molecule has 1 aliphatic carbocycles. The van der Waals surface area contributed by atoms with Crippen molar-refractivity contribution in [3.8, 4) is 0 Å². The standard InChI is InChI=1S/C4H4P2/c1-2-3-4(2)6(3)5-1/h1-4H. The molecule has 0 aromatic carbocycles. The highest BCUT2D eigenvalue weighted by atomic mass is 32.0. The molecule has 1 saturated carbocycles. The molecule has 0 aromatic heterocycles. The van der Waals surface area contributed by atoms with Crippen molar-refractivity contribution in [3.63, 3.8) is 0 Å². The second kappa shape index (κ2) is 0.556. The second-order valence-electron chi connectivity index (χ2n) is 2.20. The molecule has 6 heavy (non-hydrogen) atoms. The van der Waals surface area contributed by atoms with Crippen LogP contribution in [-0.2, 0) is 0 Å². The van der Waals surface area contributed by atoms with Crippen molar-refractivity contribution >= 4 is 21.3 Å². The van der Waals surface area contributed by atoms with Gasteiger partial charge in [-0.2, -0.15) is 0 Å². The summed E-state index contributed by atoms with van der Waals surface area (Å²) in [6.45, 7) is 0. The Labute approximate surface area is 39.4 Å². The fraction of sp³-hybridized carbons (Fsp3) is 0.750. The summed E-state index contributed by atoms with van der Waals surface area (Å²) >= 11 is 0. The van der Waals surface area contributed by atoms with Gasteiger partial charge in [-0.15, -0.1) is 0 Å². The summed E-state index contributed by atoms with van der Waals surface area (Å²) in [6.07, 6.45) is 0. The summed E-state index contributed by atoms with van der Waals surface area (Å²) in [7, 11) is 2.42. The van der Waals surface area contributed by atoms with Crippen molar-refractivity contribution in [2.24, 2.45) is 5.92 Å². The molecule has 2 bridgehead atoms. The molecule has 2 heteroatoms. The van der Waals surface area contributed by atoms with Crippen LogP contribution in [0.3, 0.4) is 0 Å². The minimum absolute atomic E-state index is 0.678. The highest BCUT2D eigenvalue weighted by molar-refractivity contribution is 8.27. The maximum Gasteiger partial charge on any atom is 0.00228 e. The third-order valence-electron chi connectivity index (χ3n) is 1.89. The van der Waals surface area contributed by atoms with E-state index < -0.39 is 0 Å². The smallest absolute Gasteiger partial charge is 0.00228 e. The van der Waals surface area contributed by atoms with E-state index in [0.717, 1.165) is 5.92 Å². The molecule has 0 nitrogen and oxygen atoms in total. The van der Waals surface area contributed by atoms with Crippen molar-refractivity contribution < 1.29 is 0 Å². The van der Waals surface area contributed by atoms with E-state index in [2.05, 4.69) is 5.80 Å². The summed E-state index contributed by atoms with van der Waals surface area (Å²) in [5.74, 6) is 3.68. The van der Waals surface area contributed by atoms with Crippen molar-refractivity contribution in [1.82, 2.24) is 0 Å². The molecule has 3 heterocycles. The first-order valence-corrected chi connectivity index (χ1v) is 5.46. The molecule has 4 rings (SSSR count). The molecule has 30 valence electrons. The van der Waals surface area contributed by atoms with Crippen LogP contribution in [0.2, 0.25) is 0 Å². The molecule has 2 atom stereocenters. The quantitative estimate of drug-likeness (QED) is 0.419. The predicted octanol–water partition coefficient (Wildman–Crippen LogP) is 1.53. The van der Waals surface area contributed by atoms with Gasteiger partial charge < -0.3 is 0 Å². The lowest BCUT2D eigenvalue weighted by molar-refractivity contribution is 1.24. The van der Waals surface area contributed by atoms with E-state index in [1.807, 2.05) is 0 Å². The van der Waals surface area contributed by atoms with Crippen LogP contribution in [0.5, 0.6) is 0 Å². The summed E-state index contributed by atoms with van der Waals surface area (Å²) in [4.78, 5) is 0. The predicted molar refractivity (Wildman–Crippen MR) is 31.0 cm³/mol. The van der Waals surface area contributed by atoms with E-state index in [0.29, 0.717) is 7.61 Å². The molecule has 3 aliphatic heterocycles. The lowest BCUT2D eigenvalue weighted by Crippen LogP contribution is -1.77. The lowest BCUT2D eigenvalue weighted by Gasteiger charge is -1.84. The van der Waals surface area contributed by atoms with Gasteiger partial charge in [0.05, 0.1) is 0 Å². The fourth-order valence-electron chi connectivity index (χ4n) is 1.29. The van der Waals surface area contributed by atoms with Gasteiger partial charge in [0.25, 0.3) is 0 Å². The third kappa shape index (κ3) is 0.128. The monoisotopic (exact) mass is 114 g/mol. The maximum absolute atomic E-state index is 2.51. The van der Waals surface area contributed by atoms with E-state index in [1.165, 1.54) is 11.3 Å². The molecule has 1 saturated heterocycles. The van der Waals surface area contributed by atoms with Gasteiger partial charge in [-0.1, -0.05) is 13.7 Å². The normalized spacial score (nSPS) is 80.0. The molecule has 4 aliphatic rings. The van der Waals surface area contributed by atoms with E-state index in [4.69, 9.17) is 0 Å². The zero-order valence-electron chi connectivity index (χ0n) is 3.20. The van der Waals surface area contributed by atoms with Crippen LogP contribution < -0.4 is 0 Å². The number of hydrogen-bond acceptors (Lipinski definition) is 0. The van der Waals surface area contributed by atoms with Crippen LogP contribution >= 0.6 is 15.5 Å². The molecular weight excluding hydrogens is 110 g/mol. The Morgan fingerprint density at radius 3 is 2.50 bits per heavy atom. The average molecular weight is 114 g/mol. The zero-order valence-corrected chi connectivity index (χ0v) is 4.99. The van der Waals surface area contributed by atoms with Crippen LogP contribution in [0.25, 0.3) is 0 Å². The van der Waals surface area contributed by atoms with E-state index in [-0.39, 0.29) is 0 Å². The number of rotatable bonds is 0. The average Bonchev–Trinajstić information content (AvgIpc) is 2.30. The summed E-state index contributed by atoms with van der Waals surface area (Å²) in [5, 5.41) is 0. The molecule has 0 spiro atoms. The highest BCUT2D eigenvalue weighted by Crippen LogP contribution is 2.95. The number of hydrogen-bond donors (Lipinski definition) is 0. The van der Waals surface area contributed by atoms with Crippen molar-refractivity contribution in [2.75, 3.05) is 0 Å². The van der Waals surface area contributed by atoms with Gasteiger partial charge in [0.2, 0.25) is 0 Å². The molecule has 2 fully saturated rings.